The minimum atomic E-state index is -1.33. The fourth-order valence-electron chi connectivity index (χ4n) is 3.90. The fourth-order valence-corrected chi connectivity index (χ4v) is 3.90. The molecule has 1 N–H and O–H groups in total. The highest BCUT2D eigenvalue weighted by molar-refractivity contribution is 5.99. The molecule has 1 aromatic carbocycles. The number of benzene rings is 1. The summed E-state index contributed by atoms with van der Waals surface area (Å²) >= 11 is 0. The number of carbonyl (C=O) groups is 2. The first-order valence-electron chi connectivity index (χ1n) is 8.12. The van der Waals surface area contributed by atoms with Gasteiger partial charge in [-0.1, -0.05) is 43.2 Å². The van der Waals surface area contributed by atoms with Crippen molar-refractivity contribution in [3.8, 4) is 0 Å². The molecule has 0 saturated heterocycles. The lowest BCUT2D eigenvalue weighted by Crippen LogP contribution is -2.42. The summed E-state index contributed by atoms with van der Waals surface area (Å²) in [5.74, 6) is -1.57. The first-order chi connectivity index (χ1) is 10.6. The molecule has 3 rings (SSSR count). The molecule has 2 saturated carbocycles. The molecule has 0 heterocycles. The Labute approximate surface area is 130 Å². The van der Waals surface area contributed by atoms with E-state index in [1.165, 1.54) is 0 Å². The molecular weight excluding hydrogens is 280 g/mol. The van der Waals surface area contributed by atoms with E-state index in [9.17, 15) is 14.7 Å². The van der Waals surface area contributed by atoms with Gasteiger partial charge in [-0.05, 0) is 44.1 Å². The van der Waals surface area contributed by atoms with Crippen LogP contribution in [0.5, 0.6) is 0 Å². The number of carboxylic acids is 1. The monoisotopic (exact) mass is 302 g/mol. The van der Waals surface area contributed by atoms with E-state index >= 15 is 0 Å². The SMILES string of the molecule is O=C(O)C1(C(=O)OC2(c3ccccc3)CCCC2)CCCC1. The van der Waals surface area contributed by atoms with Gasteiger partial charge in [-0.25, -0.2) is 0 Å². The number of carbonyl (C=O) groups excluding carboxylic acids is 1. The summed E-state index contributed by atoms with van der Waals surface area (Å²) in [6.07, 6.45) is 5.90. The van der Waals surface area contributed by atoms with Gasteiger partial charge >= 0.3 is 11.9 Å². The lowest BCUT2D eigenvalue weighted by Gasteiger charge is -2.33. The van der Waals surface area contributed by atoms with Crippen LogP contribution < -0.4 is 0 Å². The third kappa shape index (κ3) is 2.40. The van der Waals surface area contributed by atoms with Crippen molar-refractivity contribution in [3.63, 3.8) is 0 Å². The van der Waals surface area contributed by atoms with Crippen LogP contribution >= 0.6 is 0 Å². The molecule has 0 aromatic heterocycles. The zero-order chi connectivity index (χ0) is 15.6. The van der Waals surface area contributed by atoms with Crippen molar-refractivity contribution in [3.05, 3.63) is 35.9 Å². The van der Waals surface area contributed by atoms with Crippen LogP contribution in [0.25, 0.3) is 0 Å². The first kappa shape index (κ1) is 15.1. The van der Waals surface area contributed by atoms with Crippen LogP contribution in [0.4, 0.5) is 0 Å². The van der Waals surface area contributed by atoms with Gasteiger partial charge in [-0.3, -0.25) is 9.59 Å². The summed E-state index contributed by atoms with van der Waals surface area (Å²) in [6.45, 7) is 0. The molecule has 0 amide bonds. The second-order valence-electron chi connectivity index (χ2n) is 6.55. The number of carboxylic acid groups (broad SMARTS) is 1. The average molecular weight is 302 g/mol. The molecule has 2 aliphatic carbocycles. The highest BCUT2D eigenvalue weighted by Gasteiger charge is 2.52. The van der Waals surface area contributed by atoms with Crippen molar-refractivity contribution < 1.29 is 19.4 Å². The number of aliphatic carboxylic acids is 1. The number of rotatable bonds is 4. The zero-order valence-corrected chi connectivity index (χ0v) is 12.7. The first-order valence-corrected chi connectivity index (χ1v) is 8.12. The Morgan fingerprint density at radius 3 is 2.00 bits per heavy atom. The summed E-state index contributed by atoms with van der Waals surface area (Å²) in [5.41, 5.74) is -0.979. The Morgan fingerprint density at radius 2 is 1.45 bits per heavy atom. The van der Waals surface area contributed by atoms with Crippen molar-refractivity contribution in [2.24, 2.45) is 5.41 Å². The number of hydrogen-bond donors (Lipinski definition) is 1. The minimum Gasteiger partial charge on any atom is -0.480 e. The minimum absolute atomic E-state index is 0.395. The van der Waals surface area contributed by atoms with E-state index in [2.05, 4.69) is 0 Å². The number of esters is 1. The van der Waals surface area contributed by atoms with Gasteiger partial charge in [0.15, 0.2) is 5.41 Å². The van der Waals surface area contributed by atoms with E-state index < -0.39 is 23.0 Å². The molecule has 0 atom stereocenters. The van der Waals surface area contributed by atoms with Crippen LogP contribution in [-0.4, -0.2) is 17.0 Å². The summed E-state index contributed by atoms with van der Waals surface area (Å²) in [6, 6.07) is 9.75. The third-order valence-corrected chi connectivity index (χ3v) is 5.26. The summed E-state index contributed by atoms with van der Waals surface area (Å²) in [7, 11) is 0. The highest BCUT2D eigenvalue weighted by atomic mass is 16.6. The maximum absolute atomic E-state index is 12.7. The van der Waals surface area contributed by atoms with Gasteiger partial charge in [0.1, 0.15) is 5.60 Å². The molecule has 22 heavy (non-hydrogen) atoms. The van der Waals surface area contributed by atoms with E-state index in [1.807, 2.05) is 30.3 Å². The lowest BCUT2D eigenvalue weighted by atomic mass is 9.85. The van der Waals surface area contributed by atoms with Crippen molar-refractivity contribution >= 4 is 11.9 Å². The quantitative estimate of drug-likeness (QED) is 0.681. The highest BCUT2D eigenvalue weighted by Crippen LogP contribution is 2.46. The van der Waals surface area contributed by atoms with Crippen molar-refractivity contribution in [2.45, 2.75) is 57.0 Å². The second-order valence-corrected chi connectivity index (χ2v) is 6.55. The van der Waals surface area contributed by atoms with Crippen LogP contribution in [0.2, 0.25) is 0 Å². The maximum atomic E-state index is 12.7. The molecular formula is C18H22O4. The van der Waals surface area contributed by atoms with E-state index in [-0.39, 0.29) is 0 Å². The van der Waals surface area contributed by atoms with Crippen LogP contribution in [0, 0.1) is 5.41 Å². The van der Waals surface area contributed by atoms with Gasteiger partial charge in [-0.15, -0.1) is 0 Å². The van der Waals surface area contributed by atoms with Crippen LogP contribution in [0.15, 0.2) is 30.3 Å². The zero-order valence-electron chi connectivity index (χ0n) is 12.7. The molecule has 4 nitrogen and oxygen atoms in total. The van der Waals surface area contributed by atoms with Gasteiger partial charge in [0.2, 0.25) is 0 Å². The van der Waals surface area contributed by atoms with E-state index in [0.29, 0.717) is 12.8 Å². The fraction of sp³-hybridized carbons (Fsp3) is 0.556. The predicted molar refractivity (Wildman–Crippen MR) is 81.2 cm³/mol. The summed E-state index contributed by atoms with van der Waals surface area (Å²) in [4.78, 5) is 24.4. The van der Waals surface area contributed by atoms with Crippen molar-refractivity contribution in [2.75, 3.05) is 0 Å². The summed E-state index contributed by atoms with van der Waals surface area (Å²) in [5, 5.41) is 9.56. The maximum Gasteiger partial charge on any atom is 0.324 e. The van der Waals surface area contributed by atoms with Gasteiger partial charge in [0.05, 0.1) is 0 Å². The summed E-state index contributed by atoms with van der Waals surface area (Å²) < 4.78 is 5.91. The van der Waals surface area contributed by atoms with Crippen LogP contribution in [-0.2, 0) is 19.9 Å². The molecule has 2 aliphatic rings. The standard InChI is InChI=1S/C18H22O4/c19-15(20)17(10-4-5-11-17)16(21)22-18(12-6-7-13-18)14-8-2-1-3-9-14/h1-3,8-9H,4-7,10-13H2,(H,19,20). The van der Waals surface area contributed by atoms with Gasteiger partial charge in [-0.2, -0.15) is 0 Å². The number of ether oxygens (including phenoxy) is 1. The molecule has 118 valence electrons. The molecule has 2 fully saturated rings. The Hall–Kier alpha value is -1.84. The normalized spacial score (nSPS) is 22.4. The third-order valence-electron chi connectivity index (χ3n) is 5.26. The average Bonchev–Trinajstić information content (AvgIpc) is 3.18. The van der Waals surface area contributed by atoms with Gasteiger partial charge < -0.3 is 9.84 Å². The second kappa shape index (κ2) is 5.75. The van der Waals surface area contributed by atoms with Crippen LogP contribution in [0.3, 0.4) is 0 Å². The van der Waals surface area contributed by atoms with E-state index in [1.54, 1.807) is 0 Å². The molecule has 0 unspecified atom stereocenters. The lowest BCUT2D eigenvalue weighted by molar-refractivity contribution is -0.181. The van der Waals surface area contributed by atoms with Gasteiger partial charge in [0, 0.05) is 0 Å². The van der Waals surface area contributed by atoms with E-state index in [0.717, 1.165) is 44.1 Å². The van der Waals surface area contributed by atoms with Crippen molar-refractivity contribution in [1.29, 1.82) is 0 Å². The van der Waals surface area contributed by atoms with Crippen LogP contribution in [0.1, 0.15) is 56.9 Å². The largest absolute Gasteiger partial charge is 0.480 e. The van der Waals surface area contributed by atoms with Crippen molar-refractivity contribution in [1.82, 2.24) is 0 Å². The smallest absolute Gasteiger partial charge is 0.324 e. The van der Waals surface area contributed by atoms with E-state index in [4.69, 9.17) is 4.74 Å². The Morgan fingerprint density at radius 1 is 0.909 bits per heavy atom. The molecule has 0 aliphatic heterocycles. The Kier molecular flexibility index (Phi) is 3.94. The van der Waals surface area contributed by atoms with Gasteiger partial charge in [0.25, 0.3) is 0 Å². The Bertz CT molecular complexity index is 552. The number of hydrogen-bond acceptors (Lipinski definition) is 3. The molecule has 0 radical (unpaired) electrons. The Balaban J connectivity index is 1.88. The predicted octanol–water partition coefficient (Wildman–Crippen LogP) is 3.64. The molecule has 4 heteroatoms. The molecule has 0 spiro atoms. The topological polar surface area (TPSA) is 63.6 Å². The molecule has 1 aromatic rings. The molecule has 0 bridgehead atoms.